The van der Waals surface area contributed by atoms with Crippen molar-refractivity contribution in [3.63, 3.8) is 0 Å². The van der Waals surface area contributed by atoms with Crippen molar-refractivity contribution in [1.82, 2.24) is 0 Å². The SMILES string of the molecule is CC[S][Sn+]([CH2]C)[c]1ccsc1C(C)N. The van der Waals surface area contributed by atoms with Crippen molar-refractivity contribution in [1.29, 1.82) is 0 Å². The maximum absolute atomic E-state index is 5.98. The van der Waals surface area contributed by atoms with Gasteiger partial charge in [-0.1, -0.05) is 0 Å². The molecule has 1 unspecified atom stereocenters. The molecule has 0 aliphatic heterocycles. The molecule has 0 spiro atoms. The third-order valence-corrected chi connectivity index (χ3v) is 18.0. The minimum atomic E-state index is -1.35. The van der Waals surface area contributed by atoms with E-state index in [1.54, 1.807) is 3.58 Å². The molecular formula is C10H18NS2Sn+. The molecule has 0 aliphatic carbocycles. The summed E-state index contributed by atoms with van der Waals surface area (Å²) in [5, 5.41) is 2.21. The molecule has 1 rings (SSSR count). The van der Waals surface area contributed by atoms with Crippen LogP contribution in [0.4, 0.5) is 0 Å². The van der Waals surface area contributed by atoms with Gasteiger partial charge < -0.3 is 0 Å². The summed E-state index contributed by atoms with van der Waals surface area (Å²) in [6.45, 7) is 6.70. The zero-order valence-corrected chi connectivity index (χ0v) is 13.5. The van der Waals surface area contributed by atoms with Crippen LogP contribution in [-0.4, -0.2) is 24.1 Å². The average Bonchev–Trinajstić information content (AvgIpc) is 2.62. The molecule has 1 atom stereocenters. The van der Waals surface area contributed by atoms with Crippen LogP contribution in [0.15, 0.2) is 11.4 Å². The molecule has 0 aromatic carbocycles. The monoisotopic (exact) mass is 336 g/mol. The van der Waals surface area contributed by atoms with Crippen molar-refractivity contribution >= 4 is 42.2 Å². The van der Waals surface area contributed by atoms with Crippen molar-refractivity contribution in [2.45, 2.75) is 31.2 Å². The predicted octanol–water partition coefficient (Wildman–Crippen LogP) is 2.74. The van der Waals surface area contributed by atoms with Crippen LogP contribution in [0.25, 0.3) is 0 Å². The van der Waals surface area contributed by atoms with E-state index in [4.69, 9.17) is 5.73 Å². The van der Waals surface area contributed by atoms with Crippen LogP contribution in [0, 0.1) is 0 Å². The van der Waals surface area contributed by atoms with Gasteiger partial charge in [0, 0.05) is 0 Å². The van der Waals surface area contributed by atoms with Crippen molar-refractivity contribution in [3.8, 4) is 0 Å². The third kappa shape index (κ3) is 3.15. The predicted molar refractivity (Wildman–Crippen MR) is 70.9 cm³/mol. The minimum absolute atomic E-state index is 0.226. The van der Waals surface area contributed by atoms with Gasteiger partial charge in [0.1, 0.15) is 0 Å². The van der Waals surface area contributed by atoms with Gasteiger partial charge in [0.05, 0.1) is 0 Å². The number of hydrogen-bond donors (Lipinski definition) is 1. The van der Waals surface area contributed by atoms with E-state index in [2.05, 4.69) is 41.2 Å². The summed E-state index contributed by atoms with van der Waals surface area (Å²) in [4.78, 5) is 1.45. The van der Waals surface area contributed by atoms with Gasteiger partial charge in [0.2, 0.25) is 0 Å². The molecule has 4 heteroatoms. The number of thiophene rings is 1. The molecule has 0 aliphatic rings. The first-order chi connectivity index (χ1) is 6.70. The fourth-order valence-electron chi connectivity index (χ4n) is 1.45. The van der Waals surface area contributed by atoms with Gasteiger partial charge in [0.25, 0.3) is 0 Å². The molecule has 1 nitrogen and oxygen atoms in total. The fraction of sp³-hybridized carbons (Fsp3) is 0.600. The topological polar surface area (TPSA) is 26.0 Å². The van der Waals surface area contributed by atoms with Crippen molar-refractivity contribution in [3.05, 3.63) is 16.3 Å². The first-order valence-electron chi connectivity index (χ1n) is 5.02. The van der Waals surface area contributed by atoms with E-state index >= 15 is 0 Å². The molecule has 0 radical (unpaired) electrons. The summed E-state index contributed by atoms with van der Waals surface area (Å²) in [5.74, 6) is 1.26. The second-order valence-corrected chi connectivity index (χ2v) is 16.8. The van der Waals surface area contributed by atoms with E-state index in [0.29, 0.717) is 0 Å². The van der Waals surface area contributed by atoms with Crippen molar-refractivity contribution < 1.29 is 0 Å². The molecule has 2 N–H and O–H groups in total. The second kappa shape index (κ2) is 6.40. The van der Waals surface area contributed by atoms with Crippen LogP contribution in [0.5, 0.6) is 0 Å². The summed E-state index contributed by atoms with van der Waals surface area (Å²) in [5.41, 5.74) is 5.98. The van der Waals surface area contributed by atoms with E-state index in [1.807, 2.05) is 11.3 Å². The molecule has 1 aromatic heterocycles. The van der Waals surface area contributed by atoms with Crippen LogP contribution in [0.1, 0.15) is 31.7 Å². The van der Waals surface area contributed by atoms with E-state index in [0.717, 1.165) is 0 Å². The Morgan fingerprint density at radius 1 is 1.57 bits per heavy atom. The van der Waals surface area contributed by atoms with Gasteiger partial charge in [-0.05, 0) is 0 Å². The Hall–Kier alpha value is 0.809. The van der Waals surface area contributed by atoms with E-state index in [9.17, 15) is 0 Å². The summed E-state index contributed by atoms with van der Waals surface area (Å²) in [6.07, 6.45) is 0. The molecule has 1 aromatic rings. The van der Waals surface area contributed by atoms with Crippen LogP contribution in [-0.2, 0) is 0 Å². The molecule has 0 bridgehead atoms. The van der Waals surface area contributed by atoms with Gasteiger partial charge in [-0.25, -0.2) is 0 Å². The molecular weight excluding hydrogens is 317 g/mol. The summed E-state index contributed by atoms with van der Waals surface area (Å²) < 4.78 is 3.04. The second-order valence-electron chi connectivity index (χ2n) is 3.20. The Morgan fingerprint density at radius 3 is 2.79 bits per heavy atom. The molecule has 78 valence electrons. The third-order valence-electron chi connectivity index (χ3n) is 2.05. The standard InChI is InChI=1S/C6H8NS.C2H6S.C2H5.Sn/c1-5(7)6-3-2-4-8-6;1-2-3;1-2;/h2,4-5H,7H2,1H3;3H,2H2,1H3;1H2,2H3;/q;;;+2/p-1. The zero-order valence-electron chi connectivity index (χ0n) is 9.04. The molecule has 1 heterocycles. The zero-order chi connectivity index (χ0) is 10.6. The molecule has 0 amide bonds. The Bertz CT molecular complexity index is 273. The normalized spacial score (nSPS) is 12.9. The van der Waals surface area contributed by atoms with Gasteiger partial charge in [-0.2, -0.15) is 0 Å². The summed E-state index contributed by atoms with van der Waals surface area (Å²) in [7, 11) is 2.21. The average molecular weight is 335 g/mol. The number of rotatable bonds is 5. The van der Waals surface area contributed by atoms with Crippen molar-refractivity contribution in [2.24, 2.45) is 5.73 Å². The Kier molecular flexibility index (Phi) is 5.89. The van der Waals surface area contributed by atoms with Gasteiger partial charge in [-0.15, -0.1) is 0 Å². The van der Waals surface area contributed by atoms with Gasteiger partial charge in [0.15, 0.2) is 0 Å². The first-order valence-corrected chi connectivity index (χ1v) is 13.8. The van der Waals surface area contributed by atoms with E-state index in [-0.39, 0.29) is 6.04 Å². The van der Waals surface area contributed by atoms with Crippen LogP contribution in [0.3, 0.4) is 0 Å². The molecule has 14 heavy (non-hydrogen) atoms. The Balaban J connectivity index is 2.86. The number of nitrogens with two attached hydrogens (primary N) is 1. The molecule has 0 fully saturated rings. The van der Waals surface area contributed by atoms with Crippen molar-refractivity contribution in [2.75, 3.05) is 5.75 Å². The van der Waals surface area contributed by atoms with Crippen LogP contribution < -0.4 is 9.31 Å². The summed E-state index contributed by atoms with van der Waals surface area (Å²) in [6, 6.07) is 2.55. The quantitative estimate of drug-likeness (QED) is 0.838. The summed E-state index contributed by atoms with van der Waals surface area (Å²) >= 11 is 0.484. The van der Waals surface area contributed by atoms with E-state index < -0.39 is 18.4 Å². The molecule has 0 saturated carbocycles. The fourth-order valence-corrected chi connectivity index (χ4v) is 15.6. The number of hydrogen-bond acceptors (Lipinski definition) is 3. The van der Waals surface area contributed by atoms with Crippen LogP contribution >= 0.6 is 20.3 Å². The van der Waals surface area contributed by atoms with Gasteiger partial charge in [-0.3, -0.25) is 0 Å². The van der Waals surface area contributed by atoms with E-state index in [1.165, 1.54) is 15.1 Å². The Labute approximate surface area is 101 Å². The maximum atomic E-state index is 5.98. The van der Waals surface area contributed by atoms with Crippen LogP contribution in [0.2, 0.25) is 4.44 Å². The first kappa shape index (κ1) is 12.9. The van der Waals surface area contributed by atoms with Gasteiger partial charge >= 0.3 is 101 Å². The molecule has 0 saturated heterocycles. The Morgan fingerprint density at radius 2 is 2.29 bits per heavy atom.